The van der Waals surface area contributed by atoms with Crippen LogP contribution in [0.1, 0.15) is 33.6 Å². The molecule has 3 N–H and O–H groups in total. The predicted octanol–water partition coefficient (Wildman–Crippen LogP) is 0.952. The molecule has 0 rings (SSSR count). The summed E-state index contributed by atoms with van der Waals surface area (Å²) < 4.78 is -0.0862. The summed E-state index contributed by atoms with van der Waals surface area (Å²) in [6.07, 6.45) is -0.403. The second-order valence-electron chi connectivity index (χ2n) is 4.79. The smallest absolute Gasteiger partial charge is 0.326 e. The highest BCUT2D eigenvalue weighted by Crippen LogP contribution is 2.22. The van der Waals surface area contributed by atoms with E-state index in [1.807, 2.05) is 20.8 Å². The lowest BCUT2D eigenvalue weighted by Crippen LogP contribution is -2.42. The summed E-state index contributed by atoms with van der Waals surface area (Å²) in [4.78, 5) is 32.7. The zero-order valence-electron chi connectivity index (χ0n) is 10.7. The molecule has 0 aromatic carbocycles. The molecule has 7 heteroatoms. The quantitative estimate of drug-likeness (QED) is 0.640. The van der Waals surface area contributed by atoms with Gasteiger partial charge < -0.3 is 15.5 Å². The van der Waals surface area contributed by atoms with E-state index in [4.69, 9.17) is 10.2 Å². The Bertz CT molecular complexity index is 324. The predicted molar refractivity (Wildman–Crippen MR) is 68.6 cm³/mol. The van der Waals surface area contributed by atoms with Crippen LogP contribution in [0.2, 0.25) is 0 Å². The highest BCUT2D eigenvalue weighted by atomic mass is 32.2. The number of carboxylic acids is 2. The van der Waals surface area contributed by atoms with E-state index in [-0.39, 0.29) is 23.3 Å². The van der Waals surface area contributed by atoms with Gasteiger partial charge in [-0.2, -0.15) is 0 Å². The van der Waals surface area contributed by atoms with Crippen molar-refractivity contribution in [3.05, 3.63) is 0 Å². The fourth-order valence-corrected chi connectivity index (χ4v) is 1.69. The van der Waals surface area contributed by atoms with Gasteiger partial charge in [-0.15, -0.1) is 11.8 Å². The molecule has 0 radical (unpaired) electrons. The molecule has 1 amide bonds. The summed E-state index contributed by atoms with van der Waals surface area (Å²) >= 11 is 1.40. The number of carbonyl (C=O) groups is 3. The van der Waals surface area contributed by atoms with Crippen molar-refractivity contribution in [3.63, 3.8) is 0 Å². The zero-order chi connectivity index (χ0) is 14.3. The number of rotatable bonds is 7. The van der Waals surface area contributed by atoms with E-state index < -0.39 is 23.9 Å². The van der Waals surface area contributed by atoms with Crippen molar-refractivity contribution < 1.29 is 24.6 Å². The third kappa shape index (κ3) is 8.86. The van der Waals surface area contributed by atoms with Gasteiger partial charge in [0.25, 0.3) is 0 Å². The van der Waals surface area contributed by atoms with E-state index in [9.17, 15) is 14.4 Å². The van der Waals surface area contributed by atoms with Crippen molar-refractivity contribution >= 4 is 29.6 Å². The summed E-state index contributed by atoms with van der Waals surface area (Å²) in [5.74, 6) is -2.54. The number of carbonyl (C=O) groups excluding carboxylic acids is 1. The number of carboxylic acid groups (broad SMARTS) is 2. The molecule has 0 fully saturated rings. The second kappa shape index (κ2) is 7.25. The molecule has 0 heterocycles. The van der Waals surface area contributed by atoms with Gasteiger partial charge >= 0.3 is 11.9 Å². The zero-order valence-corrected chi connectivity index (χ0v) is 11.5. The fourth-order valence-electron chi connectivity index (χ4n) is 1.04. The van der Waals surface area contributed by atoms with Gasteiger partial charge in [0.2, 0.25) is 5.91 Å². The van der Waals surface area contributed by atoms with Crippen LogP contribution in [-0.2, 0) is 14.4 Å². The maximum atomic E-state index is 11.5. The lowest BCUT2D eigenvalue weighted by molar-refractivity contribution is -0.142. The minimum Gasteiger partial charge on any atom is -0.481 e. The summed E-state index contributed by atoms with van der Waals surface area (Å²) in [5, 5.41) is 19.6. The third-order valence-corrected chi connectivity index (χ3v) is 3.19. The maximum absolute atomic E-state index is 11.5. The summed E-state index contributed by atoms with van der Waals surface area (Å²) in [5.41, 5.74) is 0. The molecule has 0 aliphatic heterocycles. The number of hydrogen-bond acceptors (Lipinski definition) is 4. The van der Waals surface area contributed by atoms with Gasteiger partial charge in [-0.05, 0) is 6.42 Å². The average Bonchev–Trinajstić information content (AvgIpc) is 2.19. The van der Waals surface area contributed by atoms with E-state index in [0.29, 0.717) is 0 Å². The topological polar surface area (TPSA) is 104 Å². The molecule has 0 aromatic rings. The van der Waals surface area contributed by atoms with E-state index >= 15 is 0 Å². The molecular formula is C11H19NO5S. The number of thioether (sulfide) groups is 1. The lowest BCUT2D eigenvalue weighted by atomic mass is 10.1. The third-order valence-electron chi connectivity index (χ3n) is 1.92. The van der Waals surface area contributed by atoms with Crippen molar-refractivity contribution in [2.45, 2.75) is 44.4 Å². The van der Waals surface area contributed by atoms with Gasteiger partial charge in [-0.3, -0.25) is 9.59 Å². The van der Waals surface area contributed by atoms with Crippen molar-refractivity contribution in [2.24, 2.45) is 0 Å². The Morgan fingerprint density at radius 3 is 2.17 bits per heavy atom. The Hall–Kier alpha value is -1.24. The molecule has 0 saturated heterocycles. The van der Waals surface area contributed by atoms with Crippen LogP contribution in [0.3, 0.4) is 0 Å². The number of hydrogen-bond donors (Lipinski definition) is 3. The summed E-state index contributed by atoms with van der Waals surface area (Å²) in [6.45, 7) is 5.85. The lowest BCUT2D eigenvalue weighted by Gasteiger charge is -2.18. The molecule has 1 atom stereocenters. The molecule has 18 heavy (non-hydrogen) atoms. The van der Waals surface area contributed by atoms with Crippen LogP contribution < -0.4 is 5.32 Å². The van der Waals surface area contributed by atoms with E-state index in [0.717, 1.165) is 0 Å². The summed E-state index contributed by atoms with van der Waals surface area (Å²) in [6, 6.07) is -1.14. The van der Waals surface area contributed by atoms with Crippen LogP contribution in [0.15, 0.2) is 0 Å². The van der Waals surface area contributed by atoms with Crippen molar-refractivity contribution in [3.8, 4) is 0 Å². The van der Waals surface area contributed by atoms with Crippen LogP contribution in [-0.4, -0.2) is 44.6 Å². The Morgan fingerprint density at radius 2 is 1.78 bits per heavy atom. The molecule has 104 valence electrons. The first kappa shape index (κ1) is 16.8. The average molecular weight is 277 g/mol. The Labute approximate surface area is 110 Å². The van der Waals surface area contributed by atoms with Crippen LogP contribution in [0.5, 0.6) is 0 Å². The van der Waals surface area contributed by atoms with E-state index in [1.54, 1.807) is 0 Å². The molecule has 0 aromatic heterocycles. The van der Waals surface area contributed by atoms with Crippen molar-refractivity contribution in [1.29, 1.82) is 0 Å². The molecule has 6 nitrogen and oxygen atoms in total. The molecule has 0 aliphatic rings. The second-order valence-corrected chi connectivity index (χ2v) is 6.59. The monoisotopic (exact) mass is 277 g/mol. The molecule has 0 bridgehead atoms. The first-order chi connectivity index (χ1) is 8.11. The first-order valence-electron chi connectivity index (χ1n) is 5.50. The molecule has 0 saturated carbocycles. The minimum absolute atomic E-state index is 0.0862. The van der Waals surface area contributed by atoms with Gasteiger partial charge in [0, 0.05) is 11.2 Å². The summed E-state index contributed by atoms with van der Waals surface area (Å²) in [7, 11) is 0. The standard InChI is InChI=1S/C11H19NO5S/c1-11(2,3)18-6-8(13)12-7(10(16)17)4-5-9(14)15/h7H,4-6H2,1-3H3,(H,12,13)(H,14,15)(H,16,17)/t7-/m0/s1. The molecule has 0 spiro atoms. The van der Waals surface area contributed by atoms with Crippen molar-refractivity contribution in [1.82, 2.24) is 5.32 Å². The fraction of sp³-hybridized carbons (Fsp3) is 0.727. The highest BCUT2D eigenvalue weighted by molar-refractivity contribution is 8.01. The Kier molecular flexibility index (Phi) is 6.75. The normalized spacial score (nSPS) is 12.8. The largest absolute Gasteiger partial charge is 0.481 e. The van der Waals surface area contributed by atoms with Crippen molar-refractivity contribution in [2.75, 3.05) is 5.75 Å². The Balaban J connectivity index is 4.20. The maximum Gasteiger partial charge on any atom is 0.326 e. The van der Waals surface area contributed by atoms with Crippen LogP contribution in [0, 0.1) is 0 Å². The SMILES string of the molecule is CC(C)(C)SCC(=O)N[C@@H](CCC(=O)O)C(=O)O. The number of amides is 1. The molecule has 0 aliphatic carbocycles. The highest BCUT2D eigenvalue weighted by Gasteiger charge is 2.22. The number of nitrogens with one attached hydrogen (secondary N) is 1. The minimum atomic E-state index is -1.22. The van der Waals surface area contributed by atoms with Gasteiger partial charge in [0.05, 0.1) is 5.75 Å². The van der Waals surface area contributed by atoms with Crippen LogP contribution in [0.4, 0.5) is 0 Å². The van der Waals surface area contributed by atoms with Crippen LogP contribution >= 0.6 is 11.8 Å². The molecular weight excluding hydrogens is 258 g/mol. The van der Waals surface area contributed by atoms with E-state index in [1.165, 1.54) is 11.8 Å². The Morgan fingerprint density at radius 1 is 1.22 bits per heavy atom. The van der Waals surface area contributed by atoms with Crippen LogP contribution in [0.25, 0.3) is 0 Å². The van der Waals surface area contributed by atoms with Gasteiger partial charge in [-0.25, -0.2) is 4.79 Å². The van der Waals surface area contributed by atoms with Gasteiger partial charge in [0.15, 0.2) is 0 Å². The van der Waals surface area contributed by atoms with Gasteiger partial charge in [-0.1, -0.05) is 20.8 Å². The van der Waals surface area contributed by atoms with E-state index in [2.05, 4.69) is 5.32 Å². The number of aliphatic carboxylic acids is 2. The first-order valence-corrected chi connectivity index (χ1v) is 6.48. The van der Waals surface area contributed by atoms with Gasteiger partial charge in [0.1, 0.15) is 6.04 Å². The molecule has 0 unspecified atom stereocenters.